The molecule has 1 atom stereocenters. The molecule has 0 spiro atoms. The van der Waals surface area contributed by atoms with E-state index < -0.39 is 17.7 Å². The van der Waals surface area contributed by atoms with Crippen molar-refractivity contribution in [3.05, 3.63) is 65.2 Å². The second-order valence-electron chi connectivity index (χ2n) is 5.31. The number of hydrogen-bond acceptors (Lipinski definition) is 3. The molecule has 2 N–H and O–H groups in total. The first-order chi connectivity index (χ1) is 11.1. The minimum Gasteiger partial charge on any atom is -0.488 e. The van der Waals surface area contributed by atoms with E-state index in [0.717, 1.165) is 17.7 Å². The fourth-order valence-electron chi connectivity index (χ4n) is 2.27. The van der Waals surface area contributed by atoms with Gasteiger partial charge in [0.25, 0.3) is 0 Å². The molecule has 23 heavy (non-hydrogen) atoms. The summed E-state index contributed by atoms with van der Waals surface area (Å²) in [6, 6.07) is 11.2. The van der Waals surface area contributed by atoms with Gasteiger partial charge in [0.15, 0.2) is 11.6 Å². The maximum Gasteiger partial charge on any atom is 0.162 e. The molecular formula is C18H20F2O3. The van der Waals surface area contributed by atoms with E-state index >= 15 is 0 Å². The van der Waals surface area contributed by atoms with Gasteiger partial charge in [-0.05, 0) is 30.9 Å². The highest BCUT2D eigenvalue weighted by Gasteiger charge is 2.18. The number of ether oxygens (including phenoxy) is 1. The molecule has 124 valence electrons. The third-order valence-electron chi connectivity index (χ3n) is 3.53. The fourth-order valence-corrected chi connectivity index (χ4v) is 2.27. The Morgan fingerprint density at radius 2 is 1.70 bits per heavy atom. The summed E-state index contributed by atoms with van der Waals surface area (Å²) in [5.41, 5.74) is 1.11. The van der Waals surface area contributed by atoms with Gasteiger partial charge in [0.05, 0.1) is 6.10 Å². The van der Waals surface area contributed by atoms with Crippen molar-refractivity contribution in [3.63, 3.8) is 0 Å². The Labute approximate surface area is 134 Å². The van der Waals surface area contributed by atoms with Gasteiger partial charge in [-0.1, -0.05) is 30.3 Å². The van der Waals surface area contributed by atoms with Crippen molar-refractivity contribution in [2.45, 2.75) is 32.0 Å². The van der Waals surface area contributed by atoms with Crippen LogP contribution in [0.3, 0.4) is 0 Å². The minimum absolute atomic E-state index is 0.0296. The van der Waals surface area contributed by atoms with E-state index in [9.17, 15) is 13.9 Å². The summed E-state index contributed by atoms with van der Waals surface area (Å²) < 4.78 is 32.5. The van der Waals surface area contributed by atoms with Crippen LogP contribution in [0.15, 0.2) is 42.5 Å². The van der Waals surface area contributed by atoms with Crippen LogP contribution >= 0.6 is 0 Å². The van der Waals surface area contributed by atoms with Gasteiger partial charge < -0.3 is 14.9 Å². The Balaban J connectivity index is 2.14. The number of aliphatic hydroxyl groups excluding tert-OH is 2. The molecule has 2 aromatic carbocycles. The number of rotatable bonds is 8. The van der Waals surface area contributed by atoms with Crippen molar-refractivity contribution < 1.29 is 23.7 Å². The van der Waals surface area contributed by atoms with Crippen LogP contribution in [0.5, 0.6) is 5.75 Å². The molecule has 0 amide bonds. The average Bonchev–Trinajstić information content (AvgIpc) is 2.56. The van der Waals surface area contributed by atoms with Crippen LogP contribution in [-0.2, 0) is 6.61 Å². The van der Waals surface area contributed by atoms with Crippen molar-refractivity contribution in [2.24, 2.45) is 0 Å². The second-order valence-corrected chi connectivity index (χ2v) is 5.31. The van der Waals surface area contributed by atoms with Crippen LogP contribution in [0.25, 0.3) is 0 Å². The van der Waals surface area contributed by atoms with E-state index in [1.807, 2.05) is 30.3 Å². The van der Waals surface area contributed by atoms with E-state index in [0.29, 0.717) is 19.3 Å². The summed E-state index contributed by atoms with van der Waals surface area (Å²) in [4.78, 5) is 0. The smallest absolute Gasteiger partial charge is 0.162 e. The molecule has 0 aliphatic heterocycles. The molecule has 2 rings (SSSR count). The van der Waals surface area contributed by atoms with Gasteiger partial charge in [0, 0.05) is 18.2 Å². The molecule has 0 bridgehead atoms. The standard InChI is InChI=1S/C18H20F2O3/c19-15-10-14(17(22)8-4-5-9-21)18(11-16(15)20)23-12-13-6-2-1-3-7-13/h1-3,6-7,10-11,17,21-22H,4-5,8-9,12H2. The van der Waals surface area contributed by atoms with E-state index in [4.69, 9.17) is 9.84 Å². The molecule has 0 aromatic heterocycles. The van der Waals surface area contributed by atoms with Crippen LogP contribution < -0.4 is 4.74 Å². The third-order valence-corrected chi connectivity index (χ3v) is 3.53. The van der Waals surface area contributed by atoms with Crippen molar-refractivity contribution in [3.8, 4) is 5.75 Å². The third kappa shape index (κ3) is 5.01. The first kappa shape index (κ1) is 17.4. The number of benzene rings is 2. The summed E-state index contributed by atoms with van der Waals surface area (Å²) in [6.45, 7) is 0.226. The summed E-state index contributed by atoms with van der Waals surface area (Å²) in [7, 11) is 0. The maximum absolute atomic E-state index is 13.5. The topological polar surface area (TPSA) is 49.7 Å². The highest BCUT2D eigenvalue weighted by atomic mass is 19.2. The molecule has 0 fully saturated rings. The quantitative estimate of drug-likeness (QED) is 0.728. The first-order valence-electron chi connectivity index (χ1n) is 7.56. The molecule has 0 radical (unpaired) electrons. The Morgan fingerprint density at radius 3 is 2.39 bits per heavy atom. The SMILES string of the molecule is OCCCCC(O)c1cc(F)c(F)cc1OCc1ccccc1. The number of aliphatic hydroxyl groups is 2. The summed E-state index contributed by atoms with van der Waals surface area (Å²) in [5, 5.41) is 19.0. The van der Waals surface area contributed by atoms with E-state index in [1.165, 1.54) is 0 Å². The number of halogens is 2. The fraction of sp³-hybridized carbons (Fsp3) is 0.333. The van der Waals surface area contributed by atoms with Crippen molar-refractivity contribution in [1.82, 2.24) is 0 Å². The van der Waals surface area contributed by atoms with Gasteiger partial charge in [0.2, 0.25) is 0 Å². The van der Waals surface area contributed by atoms with E-state index in [1.54, 1.807) is 0 Å². The molecule has 5 heteroatoms. The highest BCUT2D eigenvalue weighted by Crippen LogP contribution is 2.31. The molecule has 0 heterocycles. The predicted octanol–water partition coefficient (Wildman–Crippen LogP) is 3.74. The molecule has 2 aromatic rings. The lowest BCUT2D eigenvalue weighted by Gasteiger charge is -2.17. The van der Waals surface area contributed by atoms with Crippen LogP contribution in [0, 0.1) is 11.6 Å². The summed E-state index contributed by atoms with van der Waals surface area (Å²) in [6.07, 6.45) is 0.491. The molecule has 1 unspecified atom stereocenters. The zero-order chi connectivity index (χ0) is 16.7. The van der Waals surface area contributed by atoms with Gasteiger partial charge >= 0.3 is 0 Å². The Bertz CT molecular complexity index is 617. The Hall–Kier alpha value is -1.98. The zero-order valence-corrected chi connectivity index (χ0v) is 12.7. The van der Waals surface area contributed by atoms with Crippen LogP contribution in [0.4, 0.5) is 8.78 Å². The lowest BCUT2D eigenvalue weighted by Crippen LogP contribution is -2.05. The first-order valence-corrected chi connectivity index (χ1v) is 7.56. The lowest BCUT2D eigenvalue weighted by atomic mass is 10.0. The lowest BCUT2D eigenvalue weighted by molar-refractivity contribution is 0.152. The predicted molar refractivity (Wildman–Crippen MR) is 83.0 cm³/mol. The maximum atomic E-state index is 13.5. The highest BCUT2D eigenvalue weighted by molar-refractivity contribution is 5.37. The number of unbranched alkanes of at least 4 members (excludes halogenated alkanes) is 1. The Morgan fingerprint density at radius 1 is 1.00 bits per heavy atom. The normalized spacial score (nSPS) is 12.2. The zero-order valence-electron chi connectivity index (χ0n) is 12.7. The molecule has 0 saturated carbocycles. The summed E-state index contributed by atoms with van der Waals surface area (Å²) >= 11 is 0. The van der Waals surface area contributed by atoms with Gasteiger partial charge in [0.1, 0.15) is 12.4 Å². The molecule has 3 nitrogen and oxygen atoms in total. The van der Waals surface area contributed by atoms with Crippen LogP contribution in [-0.4, -0.2) is 16.8 Å². The summed E-state index contributed by atoms with van der Waals surface area (Å²) in [5.74, 6) is -1.91. The minimum atomic E-state index is -1.02. The molecule has 0 saturated heterocycles. The van der Waals surface area contributed by atoms with Crippen molar-refractivity contribution >= 4 is 0 Å². The molecular weight excluding hydrogens is 302 g/mol. The second kappa shape index (κ2) is 8.60. The van der Waals surface area contributed by atoms with Crippen LogP contribution in [0.1, 0.15) is 36.5 Å². The molecule has 0 aliphatic rings. The Kier molecular flexibility index (Phi) is 6.50. The van der Waals surface area contributed by atoms with E-state index in [2.05, 4.69) is 0 Å². The van der Waals surface area contributed by atoms with Crippen LogP contribution in [0.2, 0.25) is 0 Å². The van der Waals surface area contributed by atoms with Gasteiger partial charge in [-0.2, -0.15) is 0 Å². The largest absolute Gasteiger partial charge is 0.488 e. The van der Waals surface area contributed by atoms with Crippen molar-refractivity contribution in [1.29, 1.82) is 0 Å². The molecule has 0 aliphatic carbocycles. The van der Waals surface area contributed by atoms with Gasteiger partial charge in [-0.3, -0.25) is 0 Å². The van der Waals surface area contributed by atoms with Crippen molar-refractivity contribution in [2.75, 3.05) is 6.61 Å². The number of hydrogen-bond donors (Lipinski definition) is 2. The monoisotopic (exact) mass is 322 g/mol. The van der Waals surface area contributed by atoms with Gasteiger partial charge in [-0.25, -0.2) is 8.78 Å². The van der Waals surface area contributed by atoms with E-state index in [-0.39, 0.29) is 24.5 Å². The average molecular weight is 322 g/mol. The van der Waals surface area contributed by atoms with Gasteiger partial charge in [-0.15, -0.1) is 0 Å².